The van der Waals surface area contributed by atoms with Crippen molar-refractivity contribution in [3.05, 3.63) is 0 Å². The van der Waals surface area contributed by atoms with Crippen molar-refractivity contribution >= 4 is 5.91 Å². The monoisotopic (exact) mass is 184 g/mol. The summed E-state index contributed by atoms with van der Waals surface area (Å²) in [6.07, 6.45) is 6.50. The van der Waals surface area contributed by atoms with E-state index in [0.717, 1.165) is 32.5 Å². The molecule has 2 N–H and O–H groups in total. The van der Waals surface area contributed by atoms with E-state index in [0.29, 0.717) is 6.42 Å². The molecule has 13 heavy (non-hydrogen) atoms. The van der Waals surface area contributed by atoms with E-state index in [1.807, 2.05) is 0 Å². The Bertz CT molecular complexity index is 134. The molecular weight excluding hydrogens is 164 g/mol. The molecule has 76 valence electrons. The molecule has 3 heteroatoms. The average molecular weight is 184 g/mol. The maximum Gasteiger partial charge on any atom is 0.219 e. The second-order valence-electron chi connectivity index (χ2n) is 3.62. The summed E-state index contributed by atoms with van der Waals surface area (Å²) in [5, 5.41) is 6.29. The van der Waals surface area contributed by atoms with Crippen LogP contribution in [-0.4, -0.2) is 25.5 Å². The molecule has 0 bridgehead atoms. The minimum absolute atomic E-state index is 0.223. The molecular formula is C10H20N2O. The van der Waals surface area contributed by atoms with Crippen LogP contribution >= 0.6 is 0 Å². The molecule has 1 amide bonds. The molecule has 1 aliphatic rings. The van der Waals surface area contributed by atoms with Crippen molar-refractivity contribution in [1.29, 1.82) is 0 Å². The Morgan fingerprint density at radius 1 is 0.846 bits per heavy atom. The third-order valence-corrected chi connectivity index (χ3v) is 2.36. The molecule has 0 spiro atoms. The first kappa shape index (κ1) is 10.5. The summed E-state index contributed by atoms with van der Waals surface area (Å²) in [6, 6.07) is 0. The zero-order valence-electron chi connectivity index (χ0n) is 8.27. The Morgan fingerprint density at radius 3 is 2.54 bits per heavy atom. The number of nitrogens with one attached hydrogen (secondary N) is 2. The number of hydrogen-bond acceptors (Lipinski definition) is 2. The van der Waals surface area contributed by atoms with E-state index in [-0.39, 0.29) is 5.91 Å². The predicted octanol–water partition coefficient (Wildman–Crippen LogP) is 1.05. The van der Waals surface area contributed by atoms with E-state index in [1.165, 1.54) is 19.3 Å². The van der Waals surface area contributed by atoms with Crippen LogP contribution in [0.2, 0.25) is 0 Å². The van der Waals surface area contributed by atoms with Gasteiger partial charge in [0.1, 0.15) is 0 Å². The lowest BCUT2D eigenvalue weighted by molar-refractivity contribution is -0.121. The lowest BCUT2D eigenvalue weighted by Crippen LogP contribution is -2.27. The maximum absolute atomic E-state index is 11.2. The number of hydrogen-bond donors (Lipinski definition) is 2. The predicted molar refractivity (Wildman–Crippen MR) is 53.6 cm³/mol. The second kappa shape index (κ2) is 6.89. The van der Waals surface area contributed by atoms with Gasteiger partial charge in [0, 0.05) is 13.0 Å². The van der Waals surface area contributed by atoms with Crippen LogP contribution in [-0.2, 0) is 4.79 Å². The highest BCUT2D eigenvalue weighted by Gasteiger charge is 2.01. The van der Waals surface area contributed by atoms with Crippen LogP contribution in [0.3, 0.4) is 0 Å². The summed E-state index contributed by atoms with van der Waals surface area (Å²) in [5.41, 5.74) is 0. The molecule has 0 atom stereocenters. The van der Waals surface area contributed by atoms with E-state index >= 15 is 0 Å². The molecule has 3 nitrogen and oxygen atoms in total. The standard InChI is InChI=1S/C10H20N2O/c13-10-6-3-1-2-4-7-11-8-5-9-12-10/h11H,1-9H2,(H,12,13). The van der Waals surface area contributed by atoms with Gasteiger partial charge in [-0.05, 0) is 32.4 Å². The van der Waals surface area contributed by atoms with Crippen molar-refractivity contribution in [3.8, 4) is 0 Å². The second-order valence-corrected chi connectivity index (χ2v) is 3.62. The van der Waals surface area contributed by atoms with Crippen LogP contribution in [0.4, 0.5) is 0 Å². The Labute approximate surface area is 80.3 Å². The fourth-order valence-electron chi connectivity index (χ4n) is 1.54. The Hall–Kier alpha value is -0.570. The molecule has 0 aliphatic carbocycles. The van der Waals surface area contributed by atoms with Crippen LogP contribution < -0.4 is 10.6 Å². The van der Waals surface area contributed by atoms with Crippen molar-refractivity contribution in [2.24, 2.45) is 0 Å². The van der Waals surface area contributed by atoms with Gasteiger partial charge < -0.3 is 10.6 Å². The number of carbonyl (C=O) groups is 1. The van der Waals surface area contributed by atoms with Crippen LogP contribution in [0, 0.1) is 0 Å². The molecule has 1 saturated heterocycles. The third kappa shape index (κ3) is 5.64. The number of amides is 1. The number of carbonyl (C=O) groups excluding carboxylic acids is 1. The highest BCUT2D eigenvalue weighted by atomic mass is 16.1. The molecule has 0 aromatic heterocycles. The van der Waals surface area contributed by atoms with E-state index in [4.69, 9.17) is 0 Å². The van der Waals surface area contributed by atoms with Gasteiger partial charge in [-0.1, -0.05) is 12.8 Å². The summed E-state index contributed by atoms with van der Waals surface area (Å²) in [4.78, 5) is 11.2. The summed E-state index contributed by atoms with van der Waals surface area (Å²) >= 11 is 0. The number of rotatable bonds is 0. The molecule has 1 rings (SSSR count). The van der Waals surface area contributed by atoms with Crippen LogP contribution in [0.25, 0.3) is 0 Å². The van der Waals surface area contributed by atoms with Crippen molar-refractivity contribution in [3.63, 3.8) is 0 Å². The molecule has 0 radical (unpaired) electrons. The quantitative estimate of drug-likeness (QED) is 0.591. The highest BCUT2D eigenvalue weighted by molar-refractivity contribution is 5.75. The molecule has 0 aromatic rings. The minimum atomic E-state index is 0.223. The molecule has 0 aromatic carbocycles. The SMILES string of the molecule is O=C1CCCCCCNCCCN1. The first-order chi connectivity index (χ1) is 6.39. The zero-order chi connectivity index (χ0) is 9.36. The van der Waals surface area contributed by atoms with Crippen molar-refractivity contribution < 1.29 is 4.79 Å². The summed E-state index contributed by atoms with van der Waals surface area (Å²) in [5.74, 6) is 0.223. The van der Waals surface area contributed by atoms with Gasteiger partial charge >= 0.3 is 0 Å². The topological polar surface area (TPSA) is 41.1 Å². The maximum atomic E-state index is 11.2. The molecule has 0 unspecified atom stereocenters. The molecule has 0 saturated carbocycles. The van der Waals surface area contributed by atoms with Gasteiger partial charge in [0.2, 0.25) is 5.91 Å². The minimum Gasteiger partial charge on any atom is -0.356 e. The summed E-state index contributed by atoms with van der Waals surface area (Å²) in [7, 11) is 0. The van der Waals surface area contributed by atoms with Gasteiger partial charge in [-0.25, -0.2) is 0 Å². The average Bonchev–Trinajstić information content (AvgIpc) is 2.11. The smallest absolute Gasteiger partial charge is 0.219 e. The summed E-state index contributed by atoms with van der Waals surface area (Å²) < 4.78 is 0. The lowest BCUT2D eigenvalue weighted by Gasteiger charge is -2.08. The zero-order valence-corrected chi connectivity index (χ0v) is 8.27. The third-order valence-electron chi connectivity index (χ3n) is 2.36. The van der Waals surface area contributed by atoms with E-state index in [9.17, 15) is 4.79 Å². The van der Waals surface area contributed by atoms with Gasteiger partial charge in [0.05, 0.1) is 0 Å². The lowest BCUT2D eigenvalue weighted by atomic mass is 10.1. The molecule has 1 aliphatic heterocycles. The fourth-order valence-corrected chi connectivity index (χ4v) is 1.54. The molecule has 1 heterocycles. The van der Waals surface area contributed by atoms with E-state index < -0.39 is 0 Å². The Kier molecular flexibility index (Phi) is 5.57. The van der Waals surface area contributed by atoms with Crippen molar-refractivity contribution in [2.45, 2.75) is 38.5 Å². The van der Waals surface area contributed by atoms with Gasteiger partial charge in [-0.2, -0.15) is 0 Å². The first-order valence-corrected chi connectivity index (χ1v) is 5.37. The highest BCUT2D eigenvalue weighted by Crippen LogP contribution is 2.02. The van der Waals surface area contributed by atoms with Crippen LogP contribution in [0.1, 0.15) is 38.5 Å². The Balaban J connectivity index is 2.14. The van der Waals surface area contributed by atoms with Gasteiger partial charge in [-0.15, -0.1) is 0 Å². The van der Waals surface area contributed by atoms with Crippen LogP contribution in [0.5, 0.6) is 0 Å². The largest absolute Gasteiger partial charge is 0.356 e. The van der Waals surface area contributed by atoms with Gasteiger partial charge in [0.25, 0.3) is 0 Å². The Morgan fingerprint density at radius 2 is 1.62 bits per heavy atom. The van der Waals surface area contributed by atoms with Gasteiger partial charge in [-0.3, -0.25) is 4.79 Å². The van der Waals surface area contributed by atoms with Gasteiger partial charge in [0.15, 0.2) is 0 Å². The normalized spacial score (nSPS) is 22.6. The fraction of sp³-hybridized carbons (Fsp3) is 0.900. The van der Waals surface area contributed by atoms with Crippen molar-refractivity contribution in [1.82, 2.24) is 10.6 Å². The van der Waals surface area contributed by atoms with Crippen LogP contribution in [0.15, 0.2) is 0 Å². The first-order valence-electron chi connectivity index (χ1n) is 5.37. The van der Waals surface area contributed by atoms with Crippen molar-refractivity contribution in [2.75, 3.05) is 19.6 Å². The molecule has 1 fully saturated rings. The summed E-state index contributed by atoms with van der Waals surface area (Å²) in [6.45, 7) is 2.99. The van der Waals surface area contributed by atoms with E-state index in [1.54, 1.807) is 0 Å². The van der Waals surface area contributed by atoms with E-state index in [2.05, 4.69) is 10.6 Å².